The third kappa shape index (κ3) is 6.08. The van der Waals surface area contributed by atoms with E-state index in [2.05, 4.69) is 27.7 Å². The highest BCUT2D eigenvalue weighted by Crippen LogP contribution is 2.33. The fourth-order valence-corrected chi connectivity index (χ4v) is 5.14. The first-order valence-electron chi connectivity index (χ1n) is 10.6. The molecule has 3 aliphatic rings. The van der Waals surface area contributed by atoms with Gasteiger partial charge in [-0.3, -0.25) is 4.79 Å². The molecule has 0 aliphatic carbocycles. The van der Waals surface area contributed by atoms with Gasteiger partial charge >= 0.3 is 0 Å². The molecule has 0 aromatic heterocycles. The number of rotatable bonds is 7. The maximum absolute atomic E-state index is 12.4. The summed E-state index contributed by atoms with van der Waals surface area (Å²) in [5.74, 6) is 2.89. The van der Waals surface area contributed by atoms with E-state index in [1.54, 1.807) is 14.2 Å². The van der Waals surface area contributed by atoms with Gasteiger partial charge in [-0.1, -0.05) is 0 Å². The summed E-state index contributed by atoms with van der Waals surface area (Å²) < 4.78 is 10.8. The van der Waals surface area contributed by atoms with Crippen molar-refractivity contribution in [3.8, 4) is 11.5 Å². The summed E-state index contributed by atoms with van der Waals surface area (Å²) in [6.45, 7) is 2.72. The molecule has 3 atom stereocenters. The predicted molar refractivity (Wildman–Crippen MR) is 125 cm³/mol. The van der Waals surface area contributed by atoms with Gasteiger partial charge in [0.15, 0.2) is 0 Å². The molecule has 6 nitrogen and oxygen atoms in total. The normalized spacial score (nSPS) is 27.1. The van der Waals surface area contributed by atoms with E-state index >= 15 is 0 Å². The van der Waals surface area contributed by atoms with Crippen molar-refractivity contribution in [2.24, 2.45) is 11.8 Å². The molecule has 170 valence electrons. The molecule has 1 amide bonds. The average Bonchev–Trinajstić information content (AvgIpc) is 3.32. The van der Waals surface area contributed by atoms with Gasteiger partial charge < -0.3 is 25.0 Å². The van der Waals surface area contributed by atoms with Crippen molar-refractivity contribution in [1.82, 2.24) is 10.6 Å². The van der Waals surface area contributed by atoms with Gasteiger partial charge in [0.2, 0.25) is 5.91 Å². The Hall–Kier alpha value is -1.37. The lowest BCUT2D eigenvalue weighted by molar-refractivity contribution is -0.122. The quantitative estimate of drug-likeness (QED) is 0.653. The van der Waals surface area contributed by atoms with Gasteiger partial charge in [0, 0.05) is 62.0 Å². The summed E-state index contributed by atoms with van der Waals surface area (Å²) in [5, 5.41) is 6.86. The number of carbonyl (C=O) groups is 1. The van der Waals surface area contributed by atoms with Crippen molar-refractivity contribution in [3.63, 3.8) is 0 Å². The van der Waals surface area contributed by atoms with E-state index in [1.807, 2.05) is 6.07 Å². The second kappa shape index (κ2) is 11.3. The van der Waals surface area contributed by atoms with Crippen molar-refractivity contribution in [2.75, 3.05) is 38.8 Å². The number of carbonyl (C=O) groups excluding carboxylic acids is 1. The Morgan fingerprint density at radius 3 is 2.27 bits per heavy atom. The van der Waals surface area contributed by atoms with E-state index in [4.69, 9.17) is 9.47 Å². The van der Waals surface area contributed by atoms with Crippen molar-refractivity contribution in [2.45, 2.75) is 50.6 Å². The number of amides is 1. The SMILES string of the molecule is COc1cc(OC)cc(N2CCC(CNC(=O)CC3CC4CCC(C3)N4)C2)c1.Cl.Cl. The van der Waals surface area contributed by atoms with E-state index in [0.717, 1.165) is 43.2 Å². The maximum atomic E-state index is 12.4. The van der Waals surface area contributed by atoms with Gasteiger partial charge in [-0.05, 0) is 43.9 Å². The fourth-order valence-electron chi connectivity index (χ4n) is 5.14. The number of benzene rings is 1. The standard InChI is InChI=1S/C22H33N3O3.2ClH/c1-27-20-10-19(11-21(12-20)28-2)25-6-5-15(14-25)13-23-22(26)9-16-7-17-3-4-18(8-16)24-17;;/h10-12,15-18,24H,3-9,13-14H2,1-2H3,(H,23,26);2*1H. The van der Waals surface area contributed by atoms with Crippen LogP contribution in [-0.4, -0.2) is 51.8 Å². The van der Waals surface area contributed by atoms with Gasteiger partial charge in [-0.25, -0.2) is 0 Å². The number of methoxy groups -OCH3 is 2. The van der Waals surface area contributed by atoms with Crippen molar-refractivity contribution >= 4 is 36.4 Å². The summed E-state index contributed by atoms with van der Waals surface area (Å²) in [7, 11) is 3.35. The molecule has 8 heteroatoms. The highest BCUT2D eigenvalue weighted by atomic mass is 35.5. The van der Waals surface area contributed by atoms with Gasteiger partial charge in [0.1, 0.15) is 11.5 Å². The monoisotopic (exact) mass is 459 g/mol. The maximum Gasteiger partial charge on any atom is 0.220 e. The van der Waals surface area contributed by atoms with Crippen LogP contribution in [0.1, 0.15) is 38.5 Å². The number of ether oxygens (including phenoxy) is 2. The Bertz CT molecular complexity index is 672. The second-order valence-corrected chi connectivity index (χ2v) is 8.66. The van der Waals surface area contributed by atoms with E-state index in [9.17, 15) is 4.79 Å². The molecule has 2 N–H and O–H groups in total. The van der Waals surface area contributed by atoms with Crippen LogP contribution in [0.2, 0.25) is 0 Å². The van der Waals surface area contributed by atoms with Crippen LogP contribution in [0.3, 0.4) is 0 Å². The van der Waals surface area contributed by atoms with Gasteiger partial charge in [-0.2, -0.15) is 0 Å². The van der Waals surface area contributed by atoms with Crippen LogP contribution >= 0.6 is 24.8 Å². The number of hydrogen-bond acceptors (Lipinski definition) is 5. The third-order valence-electron chi connectivity index (χ3n) is 6.62. The van der Waals surface area contributed by atoms with Crippen molar-refractivity contribution in [3.05, 3.63) is 18.2 Å². The van der Waals surface area contributed by atoms with Gasteiger partial charge in [-0.15, -0.1) is 24.8 Å². The lowest BCUT2D eigenvalue weighted by atomic mass is 9.89. The first kappa shape index (κ1) is 24.9. The smallest absolute Gasteiger partial charge is 0.220 e. The molecule has 1 aromatic rings. The summed E-state index contributed by atoms with van der Waals surface area (Å²) >= 11 is 0. The molecular formula is C22H35Cl2N3O3. The van der Waals surface area contributed by atoms with E-state index in [1.165, 1.54) is 25.7 Å². The number of halogens is 2. The molecule has 3 aliphatic heterocycles. The molecule has 3 unspecified atom stereocenters. The molecule has 4 rings (SSSR count). The number of anilines is 1. The largest absolute Gasteiger partial charge is 0.497 e. The molecule has 3 heterocycles. The lowest BCUT2D eigenvalue weighted by Gasteiger charge is -2.28. The summed E-state index contributed by atoms with van der Waals surface area (Å²) in [6, 6.07) is 7.30. The van der Waals surface area contributed by atoms with Crippen molar-refractivity contribution in [1.29, 1.82) is 0 Å². The predicted octanol–water partition coefficient (Wildman–Crippen LogP) is 3.41. The van der Waals surface area contributed by atoms with Crippen LogP contribution < -0.4 is 25.0 Å². The van der Waals surface area contributed by atoms with E-state index in [0.29, 0.717) is 30.3 Å². The summed E-state index contributed by atoms with van der Waals surface area (Å²) in [5.41, 5.74) is 1.12. The zero-order chi connectivity index (χ0) is 19.5. The molecule has 1 aromatic carbocycles. The highest BCUT2D eigenvalue weighted by Gasteiger charge is 2.34. The van der Waals surface area contributed by atoms with Crippen LogP contribution in [0.5, 0.6) is 11.5 Å². The summed E-state index contributed by atoms with van der Waals surface area (Å²) in [6.07, 6.45) is 6.69. The minimum absolute atomic E-state index is 0. The Balaban J connectivity index is 0.00000160. The number of nitrogens with zero attached hydrogens (tertiary/aromatic N) is 1. The Labute approximate surface area is 192 Å². The van der Waals surface area contributed by atoms with E-state index < -0.39 is 0 Å². The topological polar surface area (TPSA) is 62.8 Å². The average molecular weight is 460 g/mol. The highest BCUT2D eigenvalue weighted by molar-refractivity contribution is 5.85. The molecule has 3 fully saturated rings. The van der Waals surface area contributed by atoms with Crippen molar-refractivity contribution < 1.29 is 14.3 Å². The number of hydrogen-bond donors (Lipinski definition) is 2. The summed E-state index contributed by atoms with van der Waals surface area (Å²) in [4.78, 5) is 14.8. The number of piperidine rings is 1. The zero-order valence-electron chi connectivity index (χ0n) is 17.9. The van der Waals surface area contributed by atoms with Crippen LogP contribution in [0.4, 0.5) is 5.69 Å². The number of nitrogens with one attached hydrogen (secondary N) is 2. The molecule has 2 bridgehead atoms. The Morgan fingerprint density at radius 2 is 1.67 bits per heavy atom. The van der Waals surface area contributed by atoms with Gasteiger partial charge in [0.05, 0.1) is 14.2 Å². The zero-order valence-corrected chi connectivity index (χ0v) is 19.5. The molecule has 0 spiro atoms. The molecule has 3 saturated heterocycles. The van der Waals surface area contributed by atoms with Gasteiger partial charge in [0.25, 0.3) is 0 Å². The minimum Gasteiger partial charge on any atom is -0.497 e. The first-order valence-corrected chi connectivity index (χ1v) is 10.6. The first-order chi connectivity index (χ1) is 13.6. The molecule has 30 heavy (non-hydrogen) atoms. The molecule has 0 saturated carbocycles. The minimum atomic E-state index is 0. The Kier molecular flexibility index (Phi) is 9.38. The molecule has 0 radical (unpaired) electrons. The van der Waals surface area contributed by atoms with Crippen LogP contribution in [0.15, 0.2) is 18.2 Å². The van der Waals surface area contributed by atoms with E-state index in [-0.39, 0.29) is 30.7 Å². The fraction of sp³-hybridized carbons (Fsp3) is 0.682. The molecular weight excluding hydrogens is 425 g/mol. The van der Waals surface area contributed by atoms with Crippen LogP contribution in [-0.2, 0) is 4.79 Å². The van der Waals surface area contributed by atoms with Crippen LogP contribution in [0, 0.1) is 11.8 Å². The lowest BCUT2D eigenvalue weighted by Crippen LogP contribution is -2.40. The Morgan fingerprint density at radius 1 is 1.03 bits per heavy atom. The van der Waals surface area contributed by atoms with Crippen LogP contribution in [0.25, 0.3) is 0 Å². The third-order valence-corrected chi connectivity index (χ3v) is 6.62. The second-order valence-electron chi connectivity index (χ2n) is 8.66. The number of fused-ring (bicyclic) bond motifs is 2.